The highest BCUT2D eigenvalue weighted by atomic mass is 32.2. The number of fused-ring (bicyclic) bond motifs is 2. The van der Waals surface area contributed by atoms with Crippen LogP contribution in [0.3, 0.4) is 0 Å². The second-order valence-electron chi connectivity index (χ2n) is 7.83. The summed E-state index contributed by atoms with van der Waals surface area (Å²) < 4.78 is 27.2. The summed E-state index contributed by atoms with van der Waals surface area (Å²) in [6, 6.07) is 2.89. The first-order valence-corrected chi connectivity index (χ1v) is 11.4. The summed E-state index contributed by atoms with van der Waals surface area (Å²) in [5.41, 5.74) is 5.67. The van der Waals surface area contributed by atoms with E-state index in [-0.39, 0.29) is 29.0 Å². The van der Waals surface area contributed by atoms with Crippen molar-refractivity contribution in [2.45, 2.75) is 44.3 Å². The predicted molar refractivity (Wildman–Crippen MR) is 111 cm³/mol. The highest BCUT2D eigenvalue weighted by Gasteiger charge is 2.47. The molecule has 2 aliphatic rings. The molecule has 30 heavy (non-hydrogen) atoms. The molecule has 1 spiro atoms. The van der Waals surface area contributed by atoms with Gasteiger partial charge in [-0.25, -0.2) is 23.1 Å². The highest BCUT2D eigenvalue weighted by molar-refractivity contribution is 7.88. The van der Waals surface area contributed by atoms with Crippen LogP contribution >= 0.6 is 0 Å². The molecule has 4 rings (SSSR count). The fourth-order valence-corrected chi connectivity index (χ4v) is 5.13. The van der Waals surface area contributed by atoms with Gasteiger partial charge in [0, 0.05) is 12.1 Å². The Balaban J connectivity index is 1.70. The fourth-order valence-electron chi connectivity index (χ4n) is 4.29. The molecule has 2 aromatic heterocycles. The first kappa shape index (κ1) is 20.3. The minimum Gasteiger partial charge on any atom is -0.384 e. The third kappa shape index (κ3) is 3.63. The van der Waals surface area contributed by atoms with Crippen LogP contribution in [0.1, 0.15) is 41.7 Å². The third-order valence-corrected chi connectivity index (χ3v) is 6.29. The van der Waals surface area contributed by atoms with Gasteiger partial charge in [-0.15, -0.1) is 0 Å². The molecule has 0 atom stereocenters. The Morgan fingerprint density at radius 3 is 2.57 bits per heavy atom. The van der Waals surface area contributed by atoms with Crippen LogP contribution in [0.4, 0.5) is 17.3 Å². The number of aryl methyl sites for hydroxylation is 1. The number of hydrogen-bond acceptors (Lipinski definition) is 8. The molecule has 12 heteroatoms. The number of nitrogen functional groups attached to an aromatic ring is 1. The van der Waals surface area contributed by atoms with Crippen molar-refractivity contribution in [3.05, 3.63) is 40.1 Å². The Morgan fingerprint density at radius 1 is 1.23 bits per heavy atom. The number of aromatic nitrogens is 3. The summed E-state index contributed by atoms with van der Waals surface area (Å²) >= 11 is 0. The van der Waals surface area contributed by atoms with Crippen molar-refractivity contribution in [3.63, 3.8) is 0 Å². The number of carbonyl (C=O) groups is 1. The molecule has 1 aliphatic carbocycles. The SMILES string of the molecule is Cc1cc(Nc2cc(N)ncn2)c(=O)n2c1C(=O)NC21CCC(NS(C)(=O)=O)CC1. The third-order valence-electron chi connectivity index (χ3n) is 5.53. The monoisotopic (exact) mass is 433 g/mol. The zero-order valence-electron chi connectivity index (χ0n) is 16.6. The molecule has 11 nitrogen and oxygen atoms in total. The Morgan fingerprint density at radius 2 is 1.93 bits per heavy atom. The summed E-state index contributed by atoms with van der Waals surface area (Å²) in [6.45, 7) is 1.76. The van der Waals surface area contributed by atoms with E-state index in [1.807, 2.05) is 0 Å². The average molecular weight is 433 g/mol. The number of pyridine rings is 1. The Kier molecular flexibility index (Phi) is 4.77. The zero-order valence-corrected chi connectivity index (χ0v) is 17.4. The van der Waals surface area contributed by atoms with E-state index in [1.54, 1.807) is 13.0 Å². The normalized spacial score (nSPS) is 23.3. The summed E-state index contributed by atoms with van der Waals surface area (Å²) in [5.74, 6) is 0.319. The molecule has 1 aliphatic heterocycles. The van der Waals surface area contributed by atoms with Crippen molar-refractivity contribution in [2.75, 3.05) is 17.3 Å². The van der Waals surface area contributed by atoms with Crippen molar-refractivity contribution in [1.29, 1.82) is 0 Å². The van der Waals surface area contributed by atoms with Crippen molar-refractivity contribution in [2.24, 2.45) is 0 Å². The van der Waals surface area contributed by atoms with Crippen LogP contribution in [-0.2, 0) is 15.7 Å². The van der Waals surface area contributed by atoms with E-state index in [1.165, 1.54) is 17.0 Å². The number of hydrogen-bond donors (Lipinski definition) is 4. The molecule has 1 amide bonds. The van der Waals surface area contributed by atoms with Gasteiger partial charge in [-0.05, 0) is 44.2 Å². The van der Waals surface area contributed by atoms with Gasteiger partial charge in [0.15, 0.2) is 0 Å². The van der Waals surface area contributed by atoms with Crippen molar-refractivity contribution in [3.8, 4) is 0 Å². The first-order chi connectivity index (χ1) is 14.1. The van der Waals surface area contributed by atoms with Gasteiger partial charge in [0.25, 0.3) is 11.5 Å². The smallest absolute Gasteiger partial charge is 0.276 e. The van der Waals surface area contributed by atoms with E-state index in [9.17, 15) is 18.0 Å². The second kappa shape index (κ2) is 7.06. The number of carbonyl (C=O) groups excluding carboxylic acids is 1. The number of nitrogens with zero attached hydrogens (tertiary/aromatic N) is 3. The summed E-state index contributed by atoms with van der Waals surface area (Å²) in [7, 11) is -3.33. The molecule has 5 N–H and O–H groups in total. The van der Waals surface area contributed by atoms with E-state index < -0.39 is 15.7 Å². The van der Waals surface area contributed by atoms with Crippen LogP contribution in [0.2, 0.25) is 0 Å². The second-order valence-corrected chi connectivity index (χ2v) is 9.61. The number of nitrogens with two attached hydrogens (primary N) is 1. The van der Waals surface area contributed by atoms with Gasteiger partial charge in [0.1, 0.15) is 35.0 Å². The molecule has 1 fully saturated rings. The number of sulfonamides is 1. The lowest BCUT2D eigenvalue weighted by atomic mass is 9.86. The van der Waals surface area contributed by atoms with Crippen LogP contribution in [0.15, 0.2) is 23.3 Å². The van der Waals surface area contributed by atoms with Gasteiger partial charge in [0.05, 0.1) is 6.26 Å². The molecule has 1 saturated carbocycles. The molecule has 3 heterocycles. The van der Waals surface area contributed by atoms with Crippen LogP contribution in [0, 0.1) is 6.92 Å². The maximum atomic E-state index is 13.4. The van der Waals surface area contributed by atoms with Gasteiger partial charge < -0.3 is 16.4 Å². The molecular formula is C18H23N7O4S. The van der Waals surface area contributed by atoms with Gasteiger partial charge in [-0.3, -0.25) is 14.2 Å². The Labute approximate surface area is 173 Å². The number of nitrogens with one attached hydrogen (secondary N) is 3. The zero-order chi connectivity index (χ0) is 21.7. The lowest BCUT2D eigenvalue weighted by Gasteiger charge is -2.38. The summed E-state index contributed by atoms with van der Waals surface area (Å²) in [6.07, 6.45) is 4.27. The molecule has 0 aromatic carbocycles. The van der Waals surface area contributed by atoms with Crippen LogP contribution < -0.4 is 26.6 Å². The topological polar surface area (TPSA) is 161 Å². The minimum absolute atomic E-state index is 0.228. The molecule has 0 radical (unpaired) electrons. The lowest BCUT2D eigenvalue weighted by molar-refractivity contribution is 0.0862. The van der Waals surface area contributed by atoms with E-state index >= 15 is 0 Å². The van der Waals surface area contributed by atoms with Gasteiger partial charge in [-0.2, -0.15) is 0 Å². The molecule has 0 bridgehead atoms. The van der Waals surface area contributed by atoms with Gasteiger partial charge in [-0.1, -0.05) is 0 Å². The van der Waals surface area contributed by atoms with Gasteiger partial charge >= 0.3 is 0 Å². The molecule has 2 aromatic rings. The Hall–Kier alpha value is -2.99. The van der Waals surface area contributed by atoms with Crippen LogP contribution in [0.25, 0.3) is 0 Å². The molecule has 0 saturated heterocycles. The maximum Gasteiger partial charge on any atom is 0.276 e. The predicted octanol–water partition coefficient (Wildman–Crippen LogP) is 0.161. The summed E-state index contributed by atoms with van der Waals surface area (Å²) in [5, 5.41) is 5.94. The van der Waals surface area contributed by atoms with Crippen LogP contribution in [-0.4, -0.2) is 41.2 Å². The molecular weight excluding hydrogens is 410 g/mol. The van der Waals surface area contributed by atoms with E-state index in [0.717, 1.165) is 6.26 Å². The van der Waals surface area contributed by atoms with Crippen LogP contribution in [0.5, 0.6) is 0 Å². The molecule has 160 valence electrons. The molecule has 0 unspecified atom stereocenters. The van der Waals surface area contributed by atoms with Crippen molar-refractivity contribution in [1.82, 2.24) is 24.6 Å². The minimum atomic E-state index is -3.33. The largest absolute Gasteiger partial charge is 0.384 e. The number of rotatable bonds is 4. The standard InChI is InChI=1S/C18H23N7O4S/c1-10-7-12(22-14-8-13(19)20-9-21-14)17(27)25-15(10)16(26)23-18(25)5-3-11(4-6-18)24-30(2,28)29/h7-9,11,24H,3-6H2,1-2H3,(H,23,26)(H3,19,20,21,22). The van der Waals surface area contributed by atoms with Crippen molar-refractivity contribution >= 4 is 33.3 Å². The van der Waals surface area contributed by atoms with Crippen molar-refractivity contribution < 1.29 is 13.2 Å². The maximum absolute atomic E-state index is 13.4. The summed E-state index contributed by atoms with van der Waals surface area (Å²) in [4.78, 5) is 33.9. The van der Waals surface area contributed by atoms with E-state index in [2.05, 4.69) is 25.3 Å². The highest BCUT2D eigenvalue weighted by Crippen LogP contribution is 2.37. The average Bonchev–Trinajstić information content (AvgIpc) is 2.93. The van der Waals surface area contributed by atoms with E-state index in [0.29, 0.717) is 42.8 Å². The number of amides is 1. The quantitative estimate of drug-likeness (QED) is 0.530. The first-order valence-electron chi connectivity index (χ1n) is 9.49. The fraction of sp³-hybridized carbons (Fsp3) is 0.444. The van der Waals surface area contributed by atoms with Gasteiger partial charge in [0.2, 0.25) is 10.0 Å². The Bertz CT molecular complexity index is 1180. The number of anilines is 3. The lowest BCUT2D eigenvalue weighted by Crippen LogP contribution is -2.52. The van der Waals surface area contributed by atoms with E-state index in [4.69, 9.17) is 5.73 Å².